The van der Waals surface area contributed by atoms with Crippen LogP contribution >= 0.6 is 11.8 Å². The molecule has 4 aromatic rings. The highest BCUT2D eigenvalue weighted by Crippen LogP contribution is 2.37. The van der Waals surface area contributed by atoms with Gasteiger partial charge in [-0.2, -0.15) is 10.4 Å². The number of ether oxygens (including phenoxy) is 2. The maximum absolute atomic E-state index is 12.4. The lowest BCUT2D eigenvalue weighted by Crippen LogP contribution is -2.20. The predicted molar refractivity (Wildman–Crippen MR) is 131 cm³/mol. The quantitative estimate of drug-likeness (QED) is 0.242. The fraction of sp³-hybridized carbons (Fsp3) is 0.0800. The van der Waals surface area contributed by atoms with Crippen molar-refractivity contribution in [1.82, 2.24) is 20.2 Å². The predicted octanol–water partition coefficient (Wildman–Crippen LogP) is 3.78. The van der Waals surface area contributed by atoms with Gasteiger partial charge in [-0.1, -0.05) is 48.2 Å². The van der Waals surface area contributed by atoms with E-state index >= 15 is 0 Å². The summed E-state index contributed by atoms with van der Waals surface area (Å²) in [6.07, 6.45) is 1.45. The smallest absolute Gasteiger partial charge is 0.250 e. The maximum Gasteiger partial charge on any atom is 0.250 e. The van der Waals surface area contributed by atoms with Gasteiger partial charge in [-0.05, 0) is 36.4 Å². The van der Waals surface area contributed by atoms with E-state index in [1.807, 2.05) is 53.1 Å². The van der Waals surface area contributed by atoms with Crippen LogP contribution < -0.4 is 14.9 Å². The van der Waals surface area contributed by atoms with Crippen molar-refractivity contribution in [2.24, 2.45) is 5.10 Å². The van der Waals surface area contributed by atoms with E-state index in [4.69, 9.17) is 14.7 Å². The first-order chi connectivity index (χ1) is 17.2. The van der Waals surface area contributed by atoms with Gasteiger partial charge in [0.1, 0.15) is 0 Å². The molecule has 1 aliphatic rings. The lowest BCUT2D eigenvalue weighted by atomic mass is 10.1. The minimum absolute atomic E-state index is 0.0728. The highest BCUT2D eigenvalue weighted by Gasteiger charge is 2.20. The van der Waals surface area contributed by atoms with Crippen LogP contribution in [-0.4, -0.2) is 39.4 Å². The zero-order chi connectivity index (χ0) is 24.0. The van der Waals surface area contributed by atoms with Crippen molar-refractivity contribution in [3.05, 3.63) is 83.9 Å². The SMILES string of the molecule is N#Cc1ccccc1C=NNC(=O)CSc1nnc(-c2ccc3c(c2)OCO3)n1-c1ccccc1. The summed E-state index contributed by atoms with van der Waals surface area (Å²) in [6.45, 7) is 0.185. The largest absolute Gasteiger partial charge is 0.454 e. The topological polar surface area (TPSA) is 114 Å². The summed E-state index contributed by atoms with van der Waals surface area (Å²) in [5.74, 6) is 1.71. The molecule has 1 N–H and O–H groups in total. The van der Waals surface area contributed by atoms with Gasteiger partial charge in [0.2, 0.25) is 6.79 Å². The average Bonchev–Trinajstić information content (AvgIpc) is 3.55. The Hall–Kier alpha value is -4.62. The van der Waals surface area contributed by atoms with Crippen molar-refractivity contribution in [3.8, 4) is 34.6 Å². The average molecular weight is 483 g/mol. The molecule has 3 aromatic carbocycles. The number of hydrazone groups is 1. The Labute approximate surface area is 205 Å². The number of carbonyl (C=O) groups excluding carboxylic acids is 1. The number of aromatic nitrogens is 3. The van der Waals surface area contributed by atoms with Crippen LogP contribution in [-0.2, 0) is 4.79 Å². The Bertz CT molecular complexity index is 1450. The number of carbonyl (C=O) groups is 1. The maximum atomic E-state index is 12.4. The summed E-state index contributed by atoms with van der Waals surface area (Å²) in [5, 5.41) is 22.4. The molecule has 1 aliphatic heterocycles. The number of para-hydroxylation sites is 1. The summed E-state index contributed by atoms with van der Waals surface area (Å²) in [4.78, 5) is 12.4. The first-order valence-corrected chi connectivity index (χ1v) is 11.6. The van der Waals surface area contributed by atoms with Gasteiger partial charge in [-0.25, -0.2) is 5.43 Å². The molecule has 2 heterocycles. The summed E-state index contributed by atoms with van der Waals surface area (Å²) in [7, 11) is 0. The monoisotopic (exact) mass is 482 g/mol. The van der Waals surface area contributed by atoms with Crippen LogP contribution in [0.2, 0.25) is 0 Å². The molecule has 1 aromatic heterocycles. The van der Waals surface area contributed by atoms with Crippen LogP contribution in [0.3, 0.4) is 0 Å². The standard InChI is InChI=1S/C25H18N6O3S/c26-13-18-6-4-5-7-19(18)14-27-28-23(32)15-35-25-30-29-24(31(25)20-8-2-1-3-9-20)17-10-11-21-22(12-17)34-16-33-21/h1-12,14H,15-16H2,(H,28,32). The van der Waals surface area contributed by atoms with E-state index in [1.165, 1.54) is 18.0 Å². The van der Waals surface area contributed by atoms with E-state index in [2.05, 4.69) is 26.8 Å². The first-order valence-electron chi connectivity index (χ1n) is 10.6. The second-order valence-electron chi connectivity index (χ2n) is 7.33. The van der Waals surface area contributed by atoms with Gasteiger partial charge >= 0.3 is 0 Å². The molecule has 5 rings (SSSR count). The molecule has 0 radical (unpaired) electrons. The molecule has 9 nitrogen and oxygen atoms in total. The number of benzene rings is 3. The zero-order valence-electron chi connectivity index (χ0n) is 18.3. The zero-order valence-corrected chi connectivity index (χ0v) is 19.1. The van der Waals surface area contributed by atoms with Crippen LogP contribution in [0, 0.1) is 11.3 Å². The number of rotatable bonds is 7. The van der Waals surface area contributed by atoms with Gasteiger partial charge in [-0.3, -0.25) is 9.36 Å². The molecule has 35 heavy (non-hydrogen) atoms. The number of amides is 1. The van der Waals surface area contributed by atoms with Gasteiger partial charge in [0, 0.05) is 16.8 Å². The van der Waals surface area contributed by atoms with Gasteiger partial charge < -0.3 is 9.47 Å². The van der Waals surface area contributed by atoms with Crippen molar-refractivity contribution >= 4 is 23.9 Å². The first kappa shape index (κ1) is 22.2. The Morgan fingerprint density at radius 3 is 2.74 bits per heavy atom. The lowest BCUT2D eigenvalue weighted by molar-refractivity contribution is -0.118. The van der Waals surface area contributed by atoms with E-state index in [9.17, 15) is 4.79 Å². The van der Waals surface area contributed by atoms with Crippen LogP contribution in [0.5, 0.6) is 11.5 Å². The number of hydrogen-bond acceptors (Lipinski definition) is 8. The van der Waals surface area contributed by atoms with Crippen LogP contribution in [0.4, 0.5) is 0 Å². The molecule has 0 aliphatic carbocycles. The van der Waals surface area contributed by atoms with E-state index in [0.717, 1.165) is 11.3 Å². The summed E-state index contributed by atoms with van der Waals surface area (Å²) >= 11 is 1.24. The third kappa shape index (κ3) is 4.85. The van der Waals surface area contributed by atoms with Crippen molar-refractivity contribution < 1.29 is 14.3 Å². The molecule has 10 heteroatoms. The van der Waals surface area contributed by atoms with Gasteiger partial charge in [0.15, 0.2) is 22.5 Å². The molecule has 0 saturated heterocycles. The molecule has 0 bridgehead atoms. The van der Waals surface area contributed by atoms with Crippen molar-refractivity contribution in [2.75, 3.05) is 12.5 Å². The van der Waals surface area contributed by atoms with Crippen LogP contribution in [0.1, 0.15) is 11.1 Å². The molecule has 0 unspecified atom stereocenters. The lowest BCUT2D eigenvalue weighted by Gasteiger charge is -2.10. The van der Waals surface area contributed by atoms with Gasteiger partial charge in [-0.15, -0.1) is 10.2 Å². The number of hydrogen-bond donors (Lipinski definition) is 1. The molecule has 0 fully saturated rings. The summed E-state index contributed by atoms with van der Waals surface area (Å²) in [6, 6.07) is 24.4. The molecule has 0 spiro atoms. The minimum atomic E-state index is -0.312. The second kappa shape index (κ2) is 10.1. The third-order valence-electron chi connectivity index (χ3n) is 5.09. The fourth-order valence-electron chi connectivity index (χ4n) is 3.44. The van der Waals surface area contributed by atoms with E-state index < -0.39 is 0 Å². The van der Waals surface area contributed by atoms with Crippen molar-refractivity contribution in [2.45, 2.75) is 5.16 Å². The fourth-order valence-corrected chi connectivity index (χ4v) is 4.19. The molecular formula is C25H18N6O3S. The summed E-state index contributed by atoms with van der Waals surface area (Å²) < 4.78 is 12.8. The number of nitrogens with zero attached hydrogens (tertiary/aromatic N) is 5. The van der Waals surface area contributed by atoms with Crippen molar-refractivity contribution in [3.63, 3.8) is 0 Å². The van der Waals surface area contributed by atoms with E-state index in [0.29, 0.717) is 33.6 Å². The normalized spacial score (nSPS) is 12.0. The summed E-state index contributed by atoms with van der Waals surface area (Å²) in [5.41, 5.74) is 5.26. The number of nitriles is 1. The Balaban J connectivity index is 1.34. The van der Waals surface area contributed by atoms with Crippen LogP contribution in [0.15, 0.2) is 83.1 Å². The number of nitrogens with one attached hydrogen (secondary N) is 1. The molecule has 0 saturated carbocycles. The molecular weight excluding hydrogens is 464 g/mol. The molecule has 172 valence electrons. The molecule has 0 atom stereocenters. The highest BCUT2D eigenvalue weighted by molar-refractivity contribution is 7.99. The molecule has 1 amide bonds. The second-order valence-corrected chi connectivity index (χ2v) is 8.27. The van der Waals surface area contributed by atoms with Gasteiger partial charge in [0.05, 0.1) is 23.6 Å². The van der Waals surface area contributed by atoms with Gasteiger partial charge in [0.25, 0.3) is 5.91 Å². The van der Waals surface area contributed by atoms with E-state index in [-0.39, 0.29) is 18.5 Å². The highest BCUT2D eigenvalue weighted by atomic mass is 32.2. The van der Waals surface area contributed by atoms with Crippen molar-refractivity contribution in [1.29, 1.82) is 5.26 Å². The minimum Gasteiger partial charge on any atom is -0.454 e. The van der Waals surface area contributed by atoms with Crippen LogP contribution in [0.25, 0.3) is 17.1 Å². The Morgan fingerprint density at radius 1 is 1.09 bits per heavy atom. The number of thioether (sulfide) groups is 1. The Morgan fingerprint density at radius 2 is 1.89 bits per heavy atom. The number of fused-ring (bicyclic) bond motifs is 1. The van der Waals surface area contributed by atoms with E-state index in [1.54, 1.807) is 24.3 Å². The Kier molecular flexibility index (Phi) is 6.41. The third-order valence-corrected chi connectivity index (χ3v) is 6.01.